The summed E-state index contributed by atoms with van der Waals surface area (Å²) >= 11 is 0. The molecule has 0 aliphatic heterocycles. The smallest absolute Gasteiger partial charge is 0.168 e. The van der Waals surface area contributed by atoms with Gasteiger partial charge >= 0.3 is 0 Å². The van der Waals surface area contributed by atoms with Gasteiger partial charge in [-0.05, 0) is 30.9 Å². The molecule has 3 nitrogen and oxygen atoms in total. The van der Waals surface area contributed by atoms with Gasteiger partial charge in [-0.3, -0.25) is 4.79 Å². The first-order valence-electron chi connectivity index (χ1n) is 6.26. The topological polar surface area (TPSA) is 56.6 Å². The molecule has 1 aromatic carbocycles. The number of aromatic amines is 1. The van der Waals surface area contributed by atoms with Crippen LogP contribution in [-0.2, 0) is 0 Å². The van der Waals surface area contributed by atoms with Crippen LogP contribution in [0.2, 0.25) is 0 Å². The van der Waals surface area contributed by atoms with Gasteiger partial charge in [-0.25, -0.2) is 0 Å². The van der Waals surface area contributed by atoms with Crippen molar-refractivity contribution in [3.05, 3.63) is 35.5 Å². The van der Waals surface area contributed by atoms with E-state index in [0.717, 1.165) is 23.7 Å². The number of aromatic nitrogens is 1. The van der Waals surface area contributed by atoms with Gasteiger partial charge in [0.15, 0.2) is 5.78 Å². The highest BCUT2D eigenvalue weighted by Crippen LogP contribution is 2.39. The first-order valence-corrected chi connectivity index (χ1v) is 6.26. The molecule has 1 fully saturated rings. The Morgan fingerprint density at radius 2 is 2.28 bits per heavy atom. The van der Waals surface area contributed by atoms with E-state index in [1.807, 2.05) is 19.1 Å². The lowest BCUT2D eigenvalue weighted by Gasteiger charge is -2.07. The minimum absolute atomic E-state index is 0.0655. The van der Waals surface area contributed by atoms with Gasteiger partial charge in [-0.1, -0.05) is 13.0 Å². The Kier molecular flexibility index (Phi) is 2.45. The maximum Gasteiger partial charge on any atom is 0.168 e. The number of H-pyrrole nitrogens is 1. The van der Waals surface area contributed by atoms with Crippen molar-refractivity contribution in [2.45, 2.75) is 19.8 Å². The summed E-state index contributed by atoms with van der Waals surface area (Å²) in [5.41, 5.74) is 2.10. The molecule has 3 rings (SSSR count). The van der Waals surface area contributed by atoms with Gasteiger partial charge in [-0.15, -0.1) is 0 Å². The van der Waals surface area contributed by atoms with Crippen LogP contribution in [0.4, 0.5) is 0 Å². The van der Waals surface area contributed by atoms with Crippen molar-refractivity contribution in [1.29, 1.82) is 5.26 Å². The van der Waals surface area contributed by atoms with E-state index in [4.69, 9.17) is 5.26 Å². The van der Waals surface area contributed by atoms with Gasteiger partial charge in [0.2, 0.25) is 0 Å². The number of Topliss-reactive ketones (excluding diaryl/α,β-unsaturated/α-hetero) is 1. The van der Waals surface area contributed by atoms with Crippen LogP contribution >= 0.6 is 0 Å². The van der Waals surface area contributed by atoms with Crippen LogP contribution in [0.25, 0.3) is 10.9 Å². The summed E-state index contributed by atoms with van der Waals surface area (Å²) in [5, 5.41) is 9.92. The second-order valence-electron chi connectivity index (χ2n) is 5.03. The molecule has 18 heavy (non-hydrogen) atoms. The van der Waals surface area contributed by atoms with Crippen molar-refractivity contribution in [3.8, 4) is 6.07 Å². The third-order valence-corrected chi connectivity index (χ3v) is 3.83. The quantitative estimate of drug-likeness (QED) is 0.834. The summed E-state index contributed by atoms with van der Waals surface area (Å²) in [6.07, 6.45) is 4.05. The highest BCUT2D eigenvalue weighted by molar-refractivity contribution is 6.10. The van der Waals surface area contributed by atoms with Crippen LogP contribution in [0.15, 0.2) is 24.4 Å². The standard InChI is InChI=1S/C15H14N2O/c1-9(10-5-6-10)15(18)12-8-17-13-4-2-3-11(7-16)14(12)13/h2-4,8-10,17H,5-6H2,1H3. The number of hydrogen-bond acceptors (Lipinski definition) is 2. The fourth-order valence-corrected chi connectivity index (χ4v) is 2.53. The Morgan fingerprint density at radius 3 is 2.94 bits per heavy atom. The average molecular weight is 238 g/mol. The number of nitrogens with zero attached hydrogens (tertiary/aromatic N) is 1. The number of fused-ring (bicyclic) bond motifs is 1. The van der Waals surface area contributed by atoms with E-state index >= 15 is 0 Å². The Labute approximate surface area is 105 Å². The highest BCUT2D eigenvalue weighted by atomic mass is 16.1. The largest absolute Gasteiger partial charge is 0.360 e. The maximum atomic E-state index is 12.4. The van der Waals surface area contributed by atoms with Crippen molar-refractivity contribution in [3.63, 3.8) is 0 Å². The van der Waals surface area contributed by atoms with Gasteiger partial charge in [0.1, 0.15) is 0 Å². The molecule has 1 saturated carbocycles. The number of carbonyl (C=O) groups is 1. The second kappa shape index (κ2) is 3.99. The molecule has 90 valence electrons. The molecule has 0 radical (unpaired) electrons. The molecular formula is C15H14N2O. The Morgan fingerprint density at radius 1 is 1.50 bits per heavy atom. The third-order valence-electron chi connectivity index (χ3n) is 3.83. The van der Waals surface area contributed by atoms with Crippen LogP contribution in [-0.4, -0.2) is 10.8 Å². The van der Waals surface area contributed by atoms with Gasteiger partial charge in [-0.2, -0.15) is 5.26 Å². The maximum absolute atomic E-state index is 12.4. The van der Waals surface area contributed by atoms with Crippen molar-refractivity contribution >= 4 is 16.7 Å². The molecule has 0 spiro atoms. The first-order chi connectivity index (χ1) is 8.72. The SMILES string of the molecule is CC(C(=O)c1c[nH]c2cccc(C#N)c12)C1CC1. The van der Waals surface area contributed by atoms with E-state index in [1.54, 1.807) is 12.3 Å². The zero-order chi connectivity index (χ0) is 12.7. The average Bonchev–Trinajstić information content (AvgIpc) is 3.16. The molecule has 0 saturated heterocycles. The monoisotopic (exact) mass is 238 g/mol. The van der Waals surface area contributed by atoms with Gasteiger partial charge in [0, 0.05) is 28.6 Å². The molecule has 3 heteroatoms. The van der Waals surface area contributed by atoms with E-state index in [2.05, 4.69) is 11.1 Å². The molecule has 1 aliphatic carbocycles. The van der Waals surface area contributed by atoms with Gasteiger partial charge in [0.25, 0.3) is 0 Å². The van der Waals surface area contributed by atoms with Crippen molar-refractivity contribution < 1.29 is 4.79 Å². The zero-order valence-corrected chi connectivity index (χ0v) is 10.2. The Balaban J connectivity index is 2.12. The van der Waals surface area contributed by atoms with E-state index in [1.165, 1.54) is 0 Å². The normalized spacial score (nSPS) is 16.4. The predicted molar refractivity (Wildman–Crippen MR) is 69.2 cm³/mol. The minimum atomic E-state index is 0.0655. The van der Waals surface area contributed by atoms with Crippen LogP contribution in [0.3, 0.4) is 0 Å². The lowest BCUT2D eigenvalue weighted by Crippen LogP contribution is -2.12. The van der Waals surface area contributed by atoms with E-state index in [9.17, 15) is 4.79 Å². The molecule has 1 aromatic heterocycles. The number of nitrogens with one attached hydrogen (secondary N) is 1. The summed E-state index contributed by atoms with van der Waals surface area (Å²) in [4.78, 5) is 15.5. The number of carbonyl (C=O) groups excluding carboxylic acids is 1. The first kappa shape index (κ1) is 11.0. The lowest BCUT2D eigenvalue weighted by atomic mass is 9.93. The van der Waals surface area contributed by atoms with E-state index in [0.29, 0.717) is 17.0 Å². The minimum Gasteiger partial charge on any atom is -0.360 e. The molecular weight excluding hydrogens is 224 g/mol. The fourth-order valence-electron chi connectivity index (χ4n) is 2.53. The van der Waals surface area contributed by atoms with Crippen LogP contribution in [0.1, 0.15) is 35.7 Å². The molecule has 1 aliphatic rings. The van der Waals surface area contributed by atoms with Crippen molar-refractivity contribution in [2.75, 3.05) is 0 Å². The molecule has 0 amide bonds. The summed E-state index contributed by atoms with van der Waals surface area (Å²) in [6.45, 7) is 1.99. The van der Waals surface area contributed by atoms with E-state index < -0.39 is 0 Å². The zero-order valence-electron chi connectivity index (χ0n) is 10.2. The molecule has 1 unspecified atom stereocenters. The van der Waals surface area contributed by atoms with Crippen LogP contribution < -0.4 is 0 Å². The number of benzene rings is 1. The molecule has 1 atom stereocenters. The number of hydrogen-bond donors (Lipinski definition) is 1. The summed E-state index contributed by atoms with van der Waals surface area (Å²) in [7, 11) is 0. The number of nitriles is 1. The summed E-state index contributed by atoms with van der Waals surface area (Å²) < 4.78 is 0. The van der Waals surface area contributed by atoms with Gasteiger partial charge in [0.05, 0.1) is 11.6 Å². The summed E-state index contributed by atoms with van der Waals surface area (Å²) in [6, 6.07) is 7.65. The van der Waals surface area contributed by atoms with Crippen molar-refractivity contribution in [1.82, 2.24) is 4.98 Å². The van der Waals surface area contributed by atoms with Crippen molar-refractivity contribution in [2.24, 2.45) is 11.8 Å². The van der Waals surface area contributed by atoms with Gasteiger partial charge < -0.3 is 4.98 Å². The number of ketones is 1. The molecule has 1 N–H and O–H groups in total. The predicted octanol–water partition coefficient (Wildman–Crippen LogP) is 3.27. The Hall–Kier alpha value is -2.08. The second-order valence-corrected chi connectivity index (χ2v) is 5.03. The highest BCUT2D eigenvalue weighted by Gasteiger charge is 2.34. The van der Waals surface area contributed by atoms with Crippen LogP contribution in [0, 0.1) is 23.2 Å². The lowest BCUT2D eigenvalue weighted by molar-refractivity contribution is 0.0918. The molecule has 1 heterocycles. The third kappa shape index (κ3) is 1.62. The molecule has 0 bridgehead atoms. The Bertz CT molecular complexity index is 659. The van der Waals surface area contributed by atoms with Crippen LogP contribution in [0.5, 0.6) is 0 Å². The fraction of sp³-hybridized carbons (Fsp3) is 0.333. The molecule has 2 aromatic rings. The summed E-state index contributed by atoms with van der Waals surface area (Å²) in [5.74, 6) is 0.763. The van der Waals surface area contributed by atoms with E-state index in [-0.39, 0.29) is 11.7 Å². The number of rotatable bonds is 3.